The van der Waals surface area contributed by atoms with E-state index in [1.54, 1.807) is 0 Å². The second-order valence-corrected chi connectivity index (χ2v) is 10.3. The summed E-state index contributed by atoms with van der Waals surface area (Å²) in [5.41, 5.74) is -0.554. The lowest BCUT2D eigenvalue weighted by Gasteiger charge is -2.57. The number of hydrogen-bond acceptors (Lipinski definition) is 6. The summed E-state index contributed by atoms with van der Waals surface area (Å²) >= 11 is 0. The van der Waals surface area contributed by atoms with E-state index in [2.05, 4.69) is 6.92 Å². The molecule has 0 bridgehead atoms. The maximum atomic E-state index is 13.6. The number of ether oxygens (including phenoxy) is 4. The van der Waals surface area contributed by atoms with Crippen LogP contribution in [0.2, 0.25) is 0 Å². The predicted molar refractivity (Wildman–Crippen MR) is 96.9 cm³/mol. The van der Waals surface area contributed by atoms with Crippen molar-refractivity contribution in [3.63, 3.8) is 0 Å². The van der Waals surface area contributed by atoms with Crippen molar-refractivity contribution in [2.24, 2.45) is 35.0 Å². The summed E-state index contributed by atoms with van der Waals surface area (Å²) in [4.78, 5) is 25.7. The summed E-state index contributed by atoms with van der Waals surface area (Å²) in [5.74, 6) is 1.46. The highest BCUT2D eigenvalue weighted by molar-refractivity contribution is 5.85. The van der Waals surface area contributed by atoms with Crippen LogP contribution >= 0.6 is 0 Å². The average molecular weight is 390 g/mol. The van der Waals surface area contributed by atoms with Crippen molar-refractivity contribution in [2.75, 3.05) is 20.2 Å². The molecule has 0 aromatic rings. The lowest BCUT2D eigenvalue weighted by atomic mass is 9.46. The molecule has 6 heteroatoms. The van der Waals surface area contributed by atoms with Gasteiger partial charge >= 0.3 is 0 Å². The summed E-state index contributed by atoms with van der Waals surface area (Å²) < 4.78 is 23.7. The van der Waals surface area contributed by atoms with Crippen LogP contribution in [-0.4, -0.2) is 43.1 Å². The molecule has 154 valence electrons. The molecule has 6 nitrogen and oxygen atoms in total. The minimum Gasteiger partial charge on any atom is -0.350 e. The Morgan fingerprint density at radius 3 is 2.61 bits per heavy atom. The zero-order chi connectivity index (χ0) is 19.1. The maximum Gasteiger partial charge on any atom is 0.226 e. The molecule has 8 atom stereocenters. The molecule has 2 heterocycles. The molecule has 0 aromatic carbocycles. The molecule has 4 aliphatic carbocycles. The van der Waals surface area contributed by atoms with Gasteiger partial charge < -0.3 is 18.9 Å². The number of fused-ring (bicyclic) bond motifs is 7. The Kier molecular flexibility index (Phi) is 3.77. The molecule has 2 aliphatic heterocycles. The van der Waals surface area contributed by atoms with E-state index in [0.29, 0.717) is 55.2 Å². The van der Waals surface area contributed by atoms with Crippen LogP contribution in [0.1, 0.15) is 58.3 Å². The van der Waals surface area contributed by atoms with Gasteiger partial charge in [0.2, 0.25) is 5.79 Å². The number of Topliss-reactive ketones (excluding diaryl/α,β-unsaturated/α-hetero) is 2. The highest BCUT2D eigenvalue weighted by atomic mass is 16.9. The van der Waals surface area contributed by atoms with Crippen molar-refractivity contribution in [3.05, 3.63) is 0 Å². The number of hydrogen-bond donors (Lipinski definition) is 0. The van der Waals surface area contributed by atoms with E-state index in [0.717, 1.165) is 32.1 Å². The Bertz CT molecular complexity index is 708. The molecular weight excluding hydrogens is 360 g/mol. The Labute approximate surface area is 165 Å². The van der Waals surface area contributed by atoms with E-state index in [1.807, 2.05) is 0 Å². The predicted octanol–water partition coefficient (Wildman–Crippen LogP) is 2.83. The molecular formula is C22H30O6. The first kappa shape index (κ1) is 18.0. The minimum absolute atomic E-state index is 0.00762. The van der Waals surface area contributed by atoms with E-state index >= 15 is 0 Å². The fraction of sp³-hybridized carbons (Fsp3) is 0.909. The highest BCUT2D eigenvalue weighted by Gasteiger charge is 2.72. The Morgan fingerprint density at radius 1 is 0.929 bits per heavy atom. The van der Waals surface area contributed by atoms with Crippen molar-refractivity contribution in [1.82, 2.24) is 0 Å². The fourth-order valence-corrected chi connectivity index (χ4v) is 8.26. The molecule has 6 rings (SSSR count). The quantitative estimate of drug-likeness (QED) is 0.633. The number of carbonyl (C=O) groups excluding carboxylic acids is 2. The van der Waals surface area contributed by atoms with E-state index in [-0.39, 0.29) is 30.8 Å². The Hall–Kier alpha value is -0.820. The topological polar surface area (TPSA) is 71.1 Å². The molecule has 28 heavy (non-hydrogen) atoms. The van der Waals surface area contributed by atoms with Crippen molar-refractivity contribution >= 4 is 11.6 Å². The zero-order valence-electron chi connectivity index (χ0n) is 16.6. The van der Waals surface area contributed by atoms with Crippen LogP contribution in [0.5, 0.6) is 0 Å². The van der Waals surface area contributed by atoms with Crippen molar-refractivity contribution in [3.8, 4) is 0 Å². The first-order valence-corrected chi connectivity index (χ1v) is 11.0. The zero-order valence-corrected chi connectivity index (χ0v) is 16.6. The highest BCUT2D eigenvalue weighted by Crippen LogP contribution is 2.66. The van der Waals surface area contributed by atoms with Gasteiger partial charge in [0.1, 0.15) is 23.8 Å². The second-order valence-electron chi connectivity index (χ2n) is 10.3. The third kappa shape index (κ3) is 2.08. The molecule has 6 aliphatic rings. The Morgan fingerprint density at radius 2 is 1.79 bits per heavy atom. The van der Waals surface area contributed by atoms with Gasteiger partial charge in [0.15, 0.2) is 13.6 Å². The molecule has 6 fully saturated rings. The summed E-state index contributed by atoms with van der Waals surface area (Å²) in [6, 6.07) is 0. The van der Waals surface area contributed by atoms with Crippen molar-refractivity contribution in [1.29, 1.82) is 0 Å². The van der Waals surface area contributed by atoms with Gasteiger partial charge in [0.05, 0.1) is 0 Å². The van der Waals surface area contributed by atoms with E-state index in [1.165, 1.54) is 0 Å². The third-order valence-corrected chi connectivity index (χ3v) is 9.54. The maximum absolute atomic E-state index is 13.6. The first-order valence-electron chi connectivity index (χ1n) is 11.0. The van der Waals surface area contributed by atoms with Gasteiger partial charge in [0.25, 0.3) is 0 Å². The molecule has 5 unspecified atom stereocenters. The van der Waals surface area contributed by atoms with Crippen LogP contribution in [-0.2, 0) is 28.5 Å². The van der Waals surface area contributed by atoms with E-state index < -0.39 is 11.4 Å². The SMILES string of the molecule is CC12CCC(=O)C[C@@H]1CCC1C3CC[C@@]4(OCO[C@]45COCO5)C3CC(=O)C12. The number of rotatable bonds is 0. The molecule has 4 saturated carbocycles. The smallest absolute Gasteiger partial charge is 0.226 e. The summed E-state index contributed by atoms with van der Waals surface area (Å²) in [7, 11) is 0. The van der Waals surface area contributed by atoms with Crippen molar-refractivity contribution < 1.29 is 28.5 Å². The van der Waals surface area contributed by atoms with Gasteiger partial charge in [-0.1, -0.05) is 6.92 Å². The van der Waals surface area contributed by atoms with Crippen molar-refractivity contribution in [2.45, 2.75) is 69.7 Å². The molecule has 2 spiro atoms. The van der Waals surface area contributed by atoms with E-state index in [9.17, 15) is 9.59 Å². The minimum atomic E-state index is -0.835. The van der Waals surface area contributed by atoms with Gasteiger partial charge in [-0.25, -0.2) is 0 Å². The van der Waals surface area contributed by atoms with Gasteiger partial charge in [-0.15, -0.1) is 0 Å². The van der Waals surface area contributed by atoms with Crippen LogP contribution in [0.25, 0.3) is 0 Å². The third-order valence-electron chi connectivity index (χ3n) is 9.54. The monoisotopic (exact) mass is 390 g/mol. The molecule has 0 amide bonds. The first-order chi connectivity index (χ1) is 13.5. The summed E-state index contributed by atoms with van der Waals surface area (Å²) in [5, 5.41) is 0. The van der Waals surface area contributed by atoms with Crippen LogP contribution in [0, 0.1) is 35.0 Å². The van der Waals surface area contributed by atoms with Gasteiger partial charge in [-0.3, -0.25) is 9.59 Å². The van der Waals surface area contributed by atoms with Gasteiger partial charge in [-0.2, -0.15) is 0 Å². The molecule has 0 aromatic heterocycles. The number of ketones is 2. The van der Waals surface area contributed by atoms with Crippen LogP contribution in [0.15, 0.2) is 0 Å². The molecule has 0 N–H and O–H groups in total. The van der Waals surface area contributed by atoms with Gasteiger partial charge in [0, 0.05) is 31.1 Å². The Balaban J connectivity index is 1.35. The standard InChI is InChI=1S/C22H30O6/c1-20-6-4-14(23)8-13(20)2-3-16-15-5-7-21(17(15)9-18(24)19(16)20)22(28-12-26-21)10-25-11-27-22/h13,15-17,19H,2-12H2,1H3/t13-,15?,16?,17?,19?,20?,21+,22+/m0/s1. The largest absolute Gasteiger partial charge is 0.350 e. The summed E-state index contributed by atoms with van der Waals surface area (Å²) in [6.07, 6.45) is 6.83. The van der Waals surface area contributed by atoms with Crippen LogP contribution in [0.3, 0.4) is 0 Å². The molecule has 2 saturated heterocycles. The normalized spacial score (nSPS) is 55.5. The fourth-order valence-electron chi connectivity index (χ4n) is 8.26. The second kappa shape index (κ2) is 5.87. The lowest BCUT2D eigenvalue weighted by Crippen LogP contribution is -2.61. The van der Waals surface area contributed by atoms with E-state index in [4.69, 9.17) is 18.9 Å². The summed E-state index contributed by atoms with van der Waals surface area (Å²) in [6.45, 7) is 3.14. The average Bonchev–Trinajstić information content (AvgIpc) is 3.38. The van der Waals surface area contributed by atoms with Gasteiger partial charge in [-0.05, 0) is 55.3 Å². The van der Waals surface area contributed by atoms with Crippen LogP contribution < -0.4 is 0 Å². The molecule has 0 radical (unpaired) electrons. The number of carbonyl (C=O) groups is 2. The lowest BCUT2D eigenvalue weighted by molar-refractivity contribution is -0.226. The van der Waals surface area contributed by atoms with Crippen LogP contribution in [0.4, 0.5) is 0 Å².